The number of aromatic hydroxyl groups is 2. The third-order valence-electron chi connectivity index (χ3n) is 8.96. The molecule has 0 radical (unpaired) electrons. The first-order chi connectivity index (χ1) is 22.0. The van der Waals surface area contributed by atoms with E-state index in [1.165, 1.54) is 24.3 Å². The molecule has 1 spiro atoms. The van der Waals surface area contributed by atoms with Crippen molar-refractivity contribution in [1.82, 2.24) is 9.97 Å². The Bertz CT molecular complexity index is 1700. The van der Waals surface area contributed by atoms with Crippen LogP contribution in [0, 0.1) is 0 Å². The SMILES string of the molecule is CCc1nc[nH]c1Cc1cc(C=CC(=O)N2c3c(cc(O)c4c3CCC3(O4)OC(CO)C(O)C(O)C3O)CC2C(=O)O)ccc1O. The minimum atomic E-state index is -1.94. The highest BCUT2D eigenvalue weighted by atomic mass is 16.7. The third kappa shape index (κ3) is 5.27. The summed E-state index contributed by atoms with van der Waals surface area (Å²) in [5.74, 6) is -4.34. The molecule has 244 valence electrons. The van der Waals surface area contributed by atoms with Crippen molar-refractivity contribution in [3.63, 3.8) is 0 Å². The van der Waals surface area contributed by atoms with Crippen LogP contribution in [0.1, 0.15) is 47.0 Å². The minimum Gasteiger partial charge on any atom is -0.508 e. The molecule has 3 aromatic rings. The first-order valence-electron chi connectivity index (χ1n) is 14.9. The zero-order valence-electron chi connectivity index (χ0n) is 24.8. The molecule has 1 aromatic heterocycles. The Labute approximate surface area is 262 Å². The third-order valence-corrected chi connectivity index (χ3v) is 8.96. The molecule has 0 aliphatic carbocycles. The number of hydrogen-bond acceptors (Lipinski definition) is 11. The second-order valence-electron chi connectivity index (χ2n) is 11.7. The van der Waals surface area contributed by atoms with Crippen LogP contribution in [0.3, 0.4) is 0 Å². The smallest absolute Gasteiger partial charge is 0.327 e. The van der Waals surface area contributed by atoms with Gasteiger partial charge in [-0.1, -0.05) is 13.0 Å². The molecule has 0 bridgehead atoms. The van der Waals surface area contributed by atoms with E-state index in [-0.39, 0.29) is 42.2 Å². The van der Waals surface area contributed by atoms with Gasteiger partial charge < -0.3 is 50.2 Å². The molecule has 4 heterocycles. The van der Waals surface area contributed by atoms with E-state index < -0.39 is 54.7 Å². The standard InChI is InChI=1S/C32H35N3O11/c1-2-19-20(34-14-33-19)10-16-9-15(3-5-22(16)37)4-6-25(39)35-21(31(43)44)11-17-12-23(38)29-18(26(17)35)7-8-32(46-29)30(42)28(41)27(40)24(13-36)45-32/h3-6,9,12,14,21,24,27-28,30,36-38,40-42H,2,7-8,10-11,13H2,1H3,(H,33,34)(H,43,44). The zero-order valence-corrected chi connectivity index (χ0v) is 24.8. The number of aliphatic hydroxyl groups excluding tert-OH is 4. The van der Waals surface area contributed by atoms with E-state index in [1.807, 2.05) is 6.92 Å². The van der Waals surface area contributed by atoms with Crippen LogP contribution in [0.5, 0.6) is 17.2 Å². The minimum absolute atomic E-state index is 0.0264. The van der Waals surface area contributed by atoms with E-state index >= 15 is 0 Å². The summed E-state index contributed by atoms with van der Waals surface area (Å²) in [6.07, 6.45) is -1.09. The number of ether oxygens (including phenoxy) is 2. The van der Waals surface area contributed by atoms with Gasteiger partial charge in [-0.15, -0.1) is 0 Å². The maximum atomic E-state index is 13.7. The highest BCUT2D eigenvalue weighted by molar-refractivity contribution is 6.10. The summed E-state index contributed by atoms with van der Waals surface area (Å²) in [7, 11) is 0. The van der Waals surface area contributed by atoms with Gasteiger partial charge in [0.05, 0.1) is 24.3 Å². The first kappa shape index (κ1) is 31.5. The normalized spacial score (nSPS) is 27.1. The highest BCUT2D eigenvalue weighted by Crippen LogP contribution is 2.51. The number of imidazole rings is 1. The summed E-state index contributed by atoms with van der Waals surface area (Å²) in [5, 5.41) is 72.6. The number of carbonyl (C=O) groups excluding carboxylic acids is 1. The molecule has 3 aliphatic heterocycles. The quantitative estimate of drug-likeness (QED) is 0.166. The van der Waals surface area contributed by atoms with Crippen LogP contribution in [-0.4, -0.2) is 100 Å². The largest absolute Gasteiger partial charge is 0.508 e. The van der Waals surface area contributed by atoms with E-state index in [4.69, 9.17) is 9.47 Å². The predicted octanol–water partition coefficient (Wildman–Crippen LogP) is 0.525. The number of aromatic amines is 1. The van der Waals surface area contributed by atoms with E-state index in [1.54, 1.807) is 18.5 Å². The fourth-order valence-electron chi connectivity index (χ4n) is 6.59. The number of phenols is 2. The average molecular weight is 638 g/mol. The number of aliphatic carboxylic acids is 1. The molecule has 3 aliphatic rings. The molecule has 6 rings (SSSR count). The fraction of sp³-hybridized carbons (Fsp3) is 0.406. The fourth-order valence-corrected chi connectivity index (χ4v) is 6.59. The van der Waals surface area contributed by atoms with Crippen molar-refractivity contribution < 1.29 is 54.8 Å². The summed E-state index contributed by atoms with van der Waals surface area (Å²) in [6.45, 7) is 1.29. The number of rotatable bonds is 7. The number of phenolic OH excluding ortho intramolecular Hbond substituents is 2. The van der Waals surface area contributed by atoms with E-state index in [2.05, 4.69) is 9.97 Å². The number of amides is 1. The lowest BCUT2D eigenvalue weighted by Crippen LogP contribution is -2.68. The van der Waals surface area contributed by atoms with Crippen molar-refractivity contribution in [2.45, 2.75) is 75.3 Å². The Morgan fingerprint density at radius 3 is 2.65 bits per heavy atom. The molecule has 0 saturated carbocycles. The molecule has 1 amide bonds. The Morgan fingerprint density at radius 2 is 1.93 bits per heavy atom. The maximum absolute atomic E-state index is 13.7. The number of anilines is 1. The second kappa shape index (κ2) is 12.0. The maximum Gasteiger partial charge on any atom is 0.327 e. The first-order valence-corrected chi connectivity index (χ1v) is 14.9. The van der Waals surface area contributed by atoms with Crippen LogP contribution in [0.25, 0.3) is 6.08 Å². The number of carboxylic acids is 1. The van der Waals surface area contributed by atoms with Crippen molar-refractivity contribution in [1.29, 1.82) is 0 Å². The lowest BCUT2D eigenvalue weighted by Gasteiger charge is -2.50. The van der Waals surface area contributed by atoms with Gasteiger partial charge in [0.15, 0.2) is 11.5 Å². The number of carboxylic acid groups (broad SMARTS) is 1. The summed E-state index contributed by atoms with van der Waals surface area (Å²) in [6, 6.07) is 4.86. The average Bonchev–Trinajstić information content (AvgIpc) is 3.66. The van der Waals surface area contributed by atoms with Gasteiger partial charge in [0.25, 0.3) is 5.91 Å². The van der Waals surface area contributed by atoms with Gasteiger partial charge in [-0.3, -0.25) is 9.69 Å². The van der Waals surface area contributed by atoms with Crippen molar-refractivity contribution in [3.8, 4) is 17.2 Å². The number of benzene rings is 2. The number of aromatic nitrogens is 2. The number of carbonyl (C=O) groups is 2. The van der Waals surface area contributed by atoms with Gasteiger partial charge in [0, 0.05) is 42.2 Å². The number of aryl methyl sites for hydroxylation is 1. The van der Waals surface area contributed by atoms with Crippen molar-refractivity contribution in [2.24, 2.45) is 0 Å². The molecule has 6 unspecified atom stereocenters. The van der Waals surface area contributed by atoms with Gasteiger partial charge in [0.1, 0.15) is 36.2 Å². The van der Waals surface area contributed by atoms with Gasteiger partial charge in [0.2, 0.25) is 5.79 Å². The van der Waals surface area contributed by atoms with E-state index in [0.717, 1.165) is 16.3 Å². The summed E-state index contributed by atoms with van der Waals surface area (Å²) in [4.78, 5) is 34.6. The Balaban J connectivity index is 1.31. The topological polar surface area (TPSA) is 226 Å². The molecule has 46 heavy (non-hydrogen) atoms. The van der Waals surface area contributed by atoms with Crippen LogP contribution in [-0.2, 0) is 40.0 Å². The number of hydrogen-bond donors (Lipinski definition) is 8. The molecule has 1 saturated heterocycles. The van der Waals surface area contributed by atoms with Crippen LogP contribution >= 0.6 is 0 Å². The highest BCUT2D eigenvalue weighted by Gasteiger charge is 2.57. The Hall–Kier alpha value is -4.47. The molecular formula is C32H35N3O11. The lowest BCUT2D eigenvalue weighted by molar-refractivity contribution is -0.342. The van der Waals surface area contributed by atoms with Gasteiger partial charge in [-0.2, -0.15) is 0 Å². The monoisotopic (exact) mass is 637 g/mol. The van der Waals surface area contributed by atoms with Crippen molar-refractivity contribution in [2.75, 3.05) is 11.5 Å². The molecule has 8 N–H and O–H groups in total. The van der Waals surface area contributed by atoms with Gasteiger partial charge >= 0.3 is 5.97 Å². The van der Waals surface area contributed by atoms with Crippen LogP contribution in [0.15, 0.2) is 36.7 Å². The molecule has 2 aromatic carbocycles. The van der Waals surface area contributed by atoms with Crippen molar-refractivity contribution >= 4 is 23.6 Å². The van der Waals surface area contributed by atoms with Crippen LogP contribution in [0.4, 0.5) is 5.69 Å². The Kier molecular flexibility index (Phi) is 8.25. The number of H-pyrrole nitrogens is 1. The van der Waals surface area contributed by atoms with Gasteiger partial charge in [-0.25, -0.2) is 9.78 Å². The predicted molar refractivity (Wildman–Crippen MR) is 160 cm³/mol. The van der Waals surface area contributed by atoms with Crippen LogP contribution in [0.2, 0.25) is 0 Å². The second-order valence-corrected chi connectivity index (χ2v) is 11.7. The van der Waals surface area contributed by atoms with E-state index in [9.17, 15) is 45.3 Å². The molecule has 6 atom stereocenters. The van der Waals surface area contributed by atoms with Crippen LogP contribution < -0.4 is 9.64 Å². The van der Waals surface area contributed by atoms with Crippen molar-refractivity contribution in [3.05, 3.63) is 70.3 Å². The number of nitrogens with zero attached hydrogens (tertiary/aromatic N) is 2. The number of aliphatic hydroxyl groups is 4. The number of fused-ring (bicyclic) bond motifs is 3. The molecule has 14 nitrogen and oxygen atoms in total. The lowest BCUT2D eigenvalue weighted by atomic mass is 9.86. The molecular weight excluding hydrogens is 602 g/mol. The summed E-state index contributed by atoms with van der Waals surface area (Å²) >= 11 is 0. The zero-order chi connectivity index (χ0) is 32.9. The van der Waals surface area contributed by atoms with E-state index in [0.29, 0.717) is 35.1 Å². The molecule has 14 heteroatoms. The number of nitrogens with one attached hydrogen (secondary N) is 1. The molecule has 1 fully saturated rings. The summed E-state index contributed by atoms with van der Waals surface area (Å²) in [5.41, 5.74) is 3.87. The Morgan fingerprint density at radius 1 is 1.15 bits per heavy atom. The van der Waals surface area contributed by atoms with Gasteiger partial charge in [-0.05, 0) is 48.2 Å². The summed E-state index contributed by atoms with van der Waals surface area (Å²) < 4.78 is 11.7.